The van der Waals surface area contributed by atoms with E-state index in [1.54, 1.807) is 38.4 Å². The van der Waals surface area contributed by atoms with Gasteiger partial charge in [0.2, 0.25) is 0 Å². The monoisotopic (exact) mass is 271 g/mol. The Morgan fingerprint density at radius 2 is 1.37 bits per heavy atom. The summed E-state index contributed by atoms with van der Waals surface area (Å²) in [4.78, 5) is 1.80. The Morgan fingerprint density at radius 3 is 1.68 bits per heavy atom. The van der Waals surface area contributed by atoms with Gasteiger partial charge in [0, 0.05) is 25.2 Å². The van der Waals surface area contributed by atoms with Crippen molar-refractivity contribution in [2.45, 2.75) is 0 Å². The number of anilines is 1. The Morgan fingerprint density at radius 1 is 0.895 bits per heavy atom. The Labute approximate surface area is 113 Å². The van der Waals surface area contributed by atoms with Crippen LogP contribution in [0.3, 0.4) is 0 Å². The molecule has 19 heavy (non-hydrogen) atoms. The van der Waals surface area contributed by atoms with Gasteiger partial charge in [-0.3, -0.25) is 0 Å². The molecule has 0 radical (unpaired) electrons. The zero-order valence-corrected chi connectivity index (χ0v) is 11.5. The Hall–Kier alpha value is -1.66. The first-order valence-corrected chi connectivity index (χ1v) is 5.98. The summed E-state index contributed by atoms with van der Waals surface area (Å²) in [7, 11) is 4.66. The van der Waals surface area contributed by atoms with E-state index in [1.807, 2.05) is 0 Å². The van der Waals surface area contributed by atoms with Gasteiger partial charge in [-0.05, 0) is 0 Å². The Kier molecular flexibility index (Phi) is 6.24. The molecule has 0 saturated carbocycles. The summed E-state index contributed by atoms with van der Waals surface area (Å²) in [5, 5.41) is 18.2. The molecule has 2 N–H and O–H groups in total. The molecule has 6 nitrogen and oxygen atoms in total. The van der Waals surface area contributed by atoms with E-state index in [0.29, 0.717) is 36.0 Å². The molecular weight excluding hydrogens is 250 g/mol. The largest absolute Gasteiger partial charge is 0.496 e. The van der Waals surface area contributed by atoms with Gasteiger partial charge in [0.25, 0.3) is 0 Å². The summed E-state index contributed by atoms with van der Waals surface area (Å²) in [5.41, 5.74) is 0.689. The summed E-state index contributed by atoms with van der Waals surface area (Å²) < 4.78 is 15.9. The van der Waals surface area contributed by atoms with Gasteiger partial charge in [0.05, 0.1) is 34.5 Å². The Bertz CT molecular complexity index is 366. The standard InChI is InChI=1S/C13H21NO5/c1-17-10-8-11(18-2)13(12(9-10)19-3)14(4-6-15)5-7-16/h8-9,15-16H,4-7H2,1-3H3. The first-order chi connectivity index (χ1) is 9.21. The summed E-state index contributed by atoms with van der Waals surface area (Å²) >= 11 is 0. The summed E-state index contributed by atoms with van der Waals surface area (Å²) in [6.07, 6.45) is 0. The molecule has 0 aromatic heterocycles. The molecule has 108 valence electrons. The first-order valence-electron chi connectivity index (χ1n) is 5.98. The average Bonchev–Trinajstić information content (AvgIpc) is 2.45. The van der Waals surface area contributed by atoms with E-state index in [0.717, 1.165) is 0 Å². The van der Waals surface area contributed by atoms with E-state index >= 15 is 0 Å². The van der Waals surface area contributed by atoms with Crippen molar-refractivity contribution < 1.29 is 24.4 Å². The van der Waals surface area contributed by atoms with E-state index in [9.17, 15) is 0 Å². The van der Waals surface area contributed by atoms with E-state index in [2.05, 4.69) is 0 Å². The van der Waals surface area contributed by atoms with E-state index < -0.39 is 0 Å². The number of methoxy groups -OCH3 is 3. The molecule has 0 aliphatic carbocycles. The number of nitrogens with zero attached hydrogens (tertiary/aromatic N) is 1. The summed E-state index contributed by atoms with van der Waals surface area (Å²) in [6.45, 7) is 0.690. The minimum Gasteiger partial charge on any atom is -0.496 e. The van der Waals surface area contributed by atoms with Crippen LogP contribution in [0.2, 0.25) is 0 Å². The van der Waals surface area contributed by atoms with Crippen LogP contribution in [0.5, 0.6) is 17.2 Å². The molecule has 0 fully saturated rings. The van der Waals surface area contributed by atoms with Crippen molar-refractivity contribution in [3.63, 3.8) is 0 Å². The van der Waals surface area contributed by atoms with E-state index in [4.69, 9.17) is 24.4 Å². The maximum absolute atomic E-state index is 9.12. The number of ether oxygens (including phenoxy) is 3. The molecular formula is C13H21NO5. The van der Waals surface area contributed by atoms with Crippen LogP contribution in [-0.4, -0.2) is 57.8 Å². The summed E-state index contributed by atoms with van der Waals surface area (Å²) in [6, 6.07) is 3.47. The van der Waals surface area contributed by atoms with Gasteiger partial charge in [-0.1, -0.05) is 0 Å². The first kappa shape index (κ1) is 15.4. The molecule has 0 atom stereocenters. The van der Waals surface area contributed by atoms with Crippen molar-refractivity contribution in [2.75, 3.05) is 52.5 Å². The SMILES string of the molecule is COc1cc(OC)c(N(CCO)CCO)c(OC)c1. The third-order valence-electron chi connectivity index (χ3n) is 2.75. The fraction of sp³-hybridized carbons (Fsp3) is 0.538. The van der Waals surface area contributed by atoms with E-state index in [-0.39, 0.29) is 13.2 Å². The van der Waals surface area contributed by atoms with Crippen LogP contribution in [0.4, 0.5) is 5.69 Å². The van der Waals surface area contributed by atoms with Crippen molar-refractivity contribution in [3.8, 4) is 17.2 Å². The van der Waals surface area contributed by atoms with Crippen LogP contribution in [0.25, 0.3) is 0 Å². The molecule has 0 unspecified atom stereocenters. The lowest BCUT2D eigenvalue weighted by molar-refractivity contribution is 0.279. The highest BCUT2D eigenvalue weighted by Crippen LogP contribution is 2.41. The molecule has 0 amide bonds. The quantitative estimate of drug-likeness (QED) is 0.717. The van der Waals surface area contributed by atoms with Crippen molar-refractivity contribution in [1.82, 2.24) is 0 Å². The van der Waals surface area contributed by atoms with Crippen molar-refractivity contribution in [3.05, 3.63) is 12.1 Å². The lowest BCUT2D eigenvalue weighted by atomic mass is 10.2. The predicted molar refractivity (Wildman–Crippen MR) is 72.5 cm³/mol. The van der Waals surface area contributed by atoms with Crippen molar-refractivity contribution in [1.29, 1.82) is 0 Å². The second kappa shape index (κ2) is 7.70. The lowest BCUT2D eigenvalue weighted by Gasteiger charge is -2.27. The molecule has 1 aromatic rings. The van der Waals surface area contributed by atoms with Gasteiger partial charge in [-0.15, -0.1) is 0 Å². The maximum Gasteiger partial charge on any atom is 0.149 e. The van der Waals surface area contributed by atoms with Crippen LogP contribution in [0, 0.1) is 0 Å². The zero-order valence-electron chi connectivity index (χ0n) is 11.5. The number of aliphatic hydroxyl groups is 2. The van der Waals surface area contributed by atoms with Gasteiger partial charge in [0.1, 0.15) is 22.9 Å². The highest BCUT2D eigenvalue weighted by molar-refractivity contribution is 5.70. The van der Waals surface area contributed by atoms with Crippen LogP contribution < -0.4 is 19.1 Å². The van der Waals surface area contributed by atoms with Gasteiger partial charge in [0.15, 0.2) is 0 Å². The van der Waals surface area contributed by atoms with Crippen LogP contribution in [0.15, 0.2) is 12.1 Å². The van der Waals surface area contributed by atoms with Gasteiger partial charge in [-0.25, -0.2) is 0 Å². The lowest BCUT2D eigenvalue weighted by Crippen LogP contribution is -2.30. The topological polar surface area (TPSA) is 71.4 Å². The highest BCUT2D eigenvalue weighted by atomic mass is 16.5. The number of hydrogen-bond acceptors (Lipinski definition) is 6. The molecule has 1 rings (SSSR count). The van der Waals surface area contributed by atoms with Crippen LogP contribution >= 0.6 is 0 Å². The van der Waals surface area contributed by atoms with Gasteiger partial charge in [-0.2, -0.15) is 0 Å². The number of benzene rings is 1. The highest BCUT2D eigenvalue weighted by Gasteiger charge is 2.19. The zero-order chi connectivity index (χ0) is 14.3. The molecule has 0 heterocycles. The fourth-order valence-corrected chi connectivity index (χ4v) is 1.88. The third-order valence-corrected chi connectivity index (χ3v) is 2.75. The molecule has 0 aliphatic heterocycles. The summed E-state index contributed by atoms with van der Waals surface area (Å²) in [5.74, 6) is 1.75. The molecule has 6 heteroatoms. The van der Waals surface area contributed by atoms with Crippen LogP contribution in [-0.2, 0) is 0 Å². The molecule has 0 aliphatic rings. The van der Waals surface area contributed by atoms with Crippen molar-refractivity contribution in [2.24, 2.45) is 0 Å². The van der Waals surface area contributed by atoms with Crippen molar-refractivity contribution >= 4 is 5.69 Å². The smallest absolute Gasteiger partial charge is 0.149 e. The van der Waals surface area contributed by atoms with Gasteiger partial charge < -0.3 is 29.3 Å². The molecule has 1 aromatic carbocycles. The average molecular weight is 271 g/mol. The number of aliphatic hydroxyl groups excluding tert-OH is 2. The number of hydrogen-bond donors (Lipinski definition) is 2. The third kappa shape index (κ3) is 3.65. The number of rotatable bonds is 8. The molecule has 0 saturated heterocycles. The predicted octanol–water partition coefficient (Wildman–Crippen LogP) is 0.503. The minimum absolute atomic E-state index is 0.0294. The second-order valence-electron chi connectivity index (χ2n) is 3.81. The Balaban J connectivity index is 3.27. The fourth-order valence-electron chi connectivity index (χ4n) is 1.88. The normalized spacial score (nSPS) is 10.2. The van der Waals surface area contributed by atoms with E-state index in [1.165, 1.54) is 0 Å². The second-order valence-corrected chi connectivity index (χ2v) is 3.81. The maximum atomic E-state index is 9.12. The van der Waals surface area contributed by atoms with Gasteiger partial charge >= 0.3 is 0 Å². The molecule has 0 spiro atoms. The molecule has 0 bridgehead atoms. The van der Waals surface area contributed by atoms with Crippen LogP contribution in [0.1, 0.15) is 0 Å². The minimum atomic E-state index is -0.0294.